The van der Waals surface area contributed by atoms with Crippen LogP contribution in [0.3, 0.4) is 0 Å². The Kier molecular flexibility index (Phi) is 8.54. The zero-order valence-electron chi connectivity index (χ0n) is 18.7. The molecule has 0 fully saturated rings. The van der Waals surface area contributed by atoms with Crippen LogP contribution in [0.2, 0.25) is 0 Å². The third kappa shape index (κ3) is 7.16. The van der Waals surface area contributed by atoms with Crippen LogP contribution >= 0.6 is 0 Å². The van der Waals surface area contributed by atoms with Gasteiger partial charge >= 0.3 is 11.9 Å². The van der Waals surface area contributed by atoms with Crippen LogP contribution < -0.4 is 14.8 Å². The molecular weight excluding hydrogens is 458 g/mol. The SMILES string of the molecule is COC(=O)[C@H](Cc1ccc(OCCOc2ccc([N+](=O)[O-])cn2)cc1)Nc1ccccc1C(=O)O. The van der Waals surface area contributed by atoms with E-state index in [0.717, 1.165) is 11.8 Å². The highest BCUT2D eigenvalue weighted by atomic mass is 16.6. The van der Waals surface area contributed by atoms with E-state index in [2.05, 4.69) is 10.3 Å². The lowest BCUT2D eigenvalue weighted by molar-refractivity contribution is -0.385. The number of methoxy groups -OCH3 is 1. The highest BCUT2D eigenvalue weighted by Crippen LogP contribution is 2.20. The highest BCUT2D eigenvalue weighted by molar-refractivity contribution is 5.95. The van der Waals surface area contributed by atoms with E-state index < -0.39 is 22.9 Å². The van der Waals surface area contributed by atoms with Crippen molar-refractivity contribution >= 4 is 23.3 Å². The summed E-state index contributed by atoms with van der Waals surface area (Å²) in [6.07, 6.45) is 1.38. The maximum absolute atomic E-state index is 12.3. The van der Waals surface area contributed by atoms with Gasteiger partial charge in [-0.1, -0.05) is 24.3 Å². The van der Waals surface area contributed by atoms with Gasteiger partial charge in [-0.25, -0.2) is 14.6 Å². The summed E-state index contributed by atoms with van der Waals surface area (Å²) in [5.74, 6) is -0.803. The Hall–Kier alpha value is -4.67. The lowest BCUT2D eigenvalue weighted by Gasteiger charge is -2.19. The summed E-state index contributed by atoms with van der Waals surface area (Å²) in [6.45, 7) is 0.403. The smallest absolute Gasteiger partial charge is 0.337 e. The molecule has 35 heavy (non-hydrogen) atoms. The van der Waals surface area contributed by atoms with Gasteiger partial charge in [-0.15, -0.1) is 0 Å². The average Bonchev–Trinajstić information content (AvgIpc) is 2.87. The van der Waals surface area contributed by atoms with Crippen LogP contribution in [0.5, 0.6) is 11.6 Å². The minimum absolute atomic E-state index is 0.0521. The summed E-state index contributed by atoms with van der Waals surface area (Å²) in [6, 6.07) is 15.3. The van der Waals surface area contributed by atoms with Crippen LogP contribution in [0, 0.1) is 10.1 Å². The molecule has 1 atom stereocenters. The van der Waals surface area contributed by atoms with Crippen molar-refractivity contribution in [2.45, 2.75) is 12.5 Å². The largest absolute Gasteiger partial charge is 0.490 e. The van der Waals surface area contributed by atoms with Gasteiger partial charge in [-0.2, -0.15) is 0 Å². The molecular formula is C24H23N3O8. The Balaban J connectivity index is 1.54. The van der Waals surface area contributed by atoms with Crippen molar-refractivity contribution < 1.29 is 33.8 Å². The molecule has 0 aliphatic carbocycles. The van der Waals surface area contributed by atoms with Crippen molar-refractivity contribution in [2.24, 2.45) is 0 Å². The Morgan fingerprint density at radius 1 is 1.06 bits per heavy atom. The summed E-state index contributed by atoms with van der Waals surface area (Å²) in [5.41, 5.74) is 1.05. The molecule has 1 aromatic heterocycles. The molecule has 3 rings (SSSR count). The number of nitro groups is 1. The zero-order chi connectivity index (χ0) is 25.2. The number of para-hydroxylation sites is 1. The Morgan fingerprint density at radius 3 is 2.40 bits per heavy atom. The Labute approximate surface area is 200 Å². The van der Waals surface area contributed by atoms with Crippen molar-refractivity contribution in [3.63, 3.8) is 0 Å². The first-order valence-corrected chi connectivity index (χ1v) is 10.5. The molecule has 182 valence electrons. The number of ether oxygens (including phenoxy) is 3. The maximum atomic E-state index is 12.3. The average molecular weight is 481 g/mol. The Morgan fingerprint density at radius 2 is 1.77 bits per heavy atom. The lowest BCUT2D eigenvalue weighted by atomic mass is 10.0. The monoisotopic (exact) mass is 481 g/mol. The van der Waals surface area contributed by atoms with Crippen LogP contribution in [-0.2, 0) is 16.0 Å². The van der Waals surface area contributed by atoms with Crippen LogP contribution in [0.1, 0.15) is 15.9 Å². The second kappa shape index (κ2) is 12.0. The molecule has 0 radical (unpaired) electrons. The van der Waals surface area contributed by atoms with Gasteiger partial charge in [-0.3, -0.25) is 10.1 Å². The number of benzene rings is 2. The number of carbonyl (C=O) groups is 2. The molecule has 0 saturated heterocycles. The molecule has 0 unspecified atom stereocenters. The number of anilines is 1. The first-order valence-electron chi connectivity index (χ1n) is 10.5. The molecule has 11 nitrogen and oxygen atoms in total. The number of rotatable bonds is 12. The fourth-order valence-corrected chi connectivity index (χ4v) is 3.15. The van der Waals surface area contributed by atoms with Crippen LogP contribution in [0.4, 0.5) is 11.4 Å². The number of hydrogen-bond donors (Lipinski definition) is 2. The van der Waals surface area contributed by atoms with Crippen LogP contribution in [-0.4, -0.2) is 53.3 Å². The molecule has 0 amide bonds. The predicted molar refractivity (Wildman–Crippen MR) is 125 cm³/mol. The summed E-state index contributed by atoms with van der Waals surface area (Å²) >= 11 is 0. The number of carboxylic acids is 1. The van der Waals surface area contributed by atoms with Crippen LogP contribution in [0.15, 0.2) is 66.9 Å². The van der Waals surface area contributed by atoms with E-state index in [0.29, 0.717) is 11.4 Å². The number of pyridine rings is 1. The molecule has 1 heterocycles. The zero-order valence-corrected chi connectivity index (χ0v) is 18.7. The van der Waals surface area contributed by atoms with E-state index >= 15 is 0 Å². The standard InChI is InChI=1S/C24H23N3O8/c1-33-24(30)21(26-20-5-3-2-4-19(20)23(28)29)14-16-6-9-18(10-7-16)34-12-13-35-22-11-8-17(15-25-22)27(31)32/h2-11,15,21,26H,12-14H2,1H3,(H,28,29)/t21-/m0/s1. The third-order valence-electron chi connectivity index (χ3n) is 4.87. The van der Waals surface area contributed by atoms with Crippen molar-refractivity contribution in [3.8, 4) is 11.6 Å². The van der Waals surface area contributed by atoms with Crippen molar-refractivity contribution in [3.05, 3.63) is 88.1 Å². The van der Waals surface area contributed by atoms with E-state index in [1.165, 1.54) is 25.3 Å². The fourth-order valence-electron chi connectivity index (χ4n) is 3.15. The number of carbonyl (C=O) groups excluding carboxylic acids is 1. The summed E-state index contributed by atoms with van der Waals surface area (Å²) in [4.78, 5) is 37.7. The van der Waals surface area contributed by atoms with E-state index in [-0.39, 0.29) is 36.8 Å². The van der Waals surface area contributed by atoms with Crippen molar-refractivity contribution in [1.29, 1.82) is 0 Å². The van der Waals surface area contributed by atoms with Gasteiger partial charge in [0.15, 0.2) is 0 Å². The number of esters is 1. The fraction of sp³-hybridized carbons (Fsp3) is 0.208. The minimum atomic E-state index is -1.11. The second-order valence-electron chi connectivity index (χ2n) is 7.23. The molecule has 0 aliphatic rings. The maximum Gasteiger partial charge on any atom is 0.337 e. The topological polar surface area (TPSA) is 150 Å². The first kappa shape index (κ1) is 25.0. The number of aromatic carboxylic acids is 1. The number of aromatic nitrogens is 1. The molecule has 0 aliphatic heterocycles. The van der Waals surface area contributed by atoms with Gasteiger partial charge in [-0.05, 0) is 29.8 Å². The molecule has 0 spiro atoms. The van der Waals surface area contributed by atoms with Gasteiger partial charge < -0.3 is 24.6 Å². The lowest BCUT2D eigenvalue weighted by Crippen LogP contribution is -2.33. The van der Waals surface area contributed by atoms with Gasteiger partial charge in [0, 0.05) is 24.2 Å². The van der Waals surface area contributed by atoms with E-state index in [4.69, 9.17) is 14.2 Å². The summed E-state index contributed by atoms with van der Waals surface area (Å²) in [7, 11) is 1.27. The Bertz CT molecular complexity index is 1170. The summed E-state index contributed by atoms with van der Waals surface area (Å²) < 4.78 is 15.9. The van der Waals surface area contributed by atoms with Crippen molar-refractivity contribution in [2.75, 3.05) is 25.6 Å². The van der Waals surface area contributed by atoms with E-state index in [9.17, 15) is 24.8 Å². The normalized spacial score (nSPS) is 11.2. The van der Waals surface area contributed by atoms with E-state index in [1.807, 2.05) is 0 Å². The van der Waals surface area contributed by atoms with Crippen molar-refractivity contribution in [1.82, 2.24) is 4.98 Å². The van der Waals surface area contributed by atoms with E-state index in [1.54, 1.807) is 42.5 Å². The predicted octanol–water partition coefficient (Wildman–Crippen LogP) is 3.34. The van der Waals surface area contributed by atoms with Gasteiger partial charge in [0.1, 0.15) is 31.2 Å². The number of hydrogen-bond acceptors (Lipinski definition) is 9. The second-order valence-corrected chi connectivity index (χ2v) is 7.23. The molecule has 11 heteroatoms. The first-order chi connectivity index (χ1) is 16.9. The molecule has 2 aromatic carbocycles. The molecule has 0 bridgehead atoms. The van der Waals surface area contributed by atoms with Gasteiger partial charge in [0.05, 0.1) is 17.6 Å². The van der Waals surface area contributed by atoms with Gasteiger partial charge in [0.25, 0.3) is 5.69 Å². The van der Waals surface area contributed by atoms with Crippen LogP contribution in [0.25, 0.3) is 0 Å². The third-order valence-corrected chi connectivity index (χ3v) is 4.87. The number of nitrogens with one attached hydrogen (secondary N) is 1. The number of nitrogens with zero attached hydrogens (tertiary/aromatic N) is 2. The molecule has 2 N–H and O–H groups in total. The quantitative estimate of drug-likeness (QED) is 0.171. The molecule has 3 aromatic rings. The van der Waals surface area contributed by atoms with Gasteiger partial charge in [0.2, 0.25) is 5.88 Å². The number of carboxylic acid groups (broad SMARTS) is 1. The molecule has 0 saturated carbocycles. The summed E-state index contributed by atoms with van der Waals surface area (Å²) in [5, 5.41) is 23.0. The highest BCUT2D eigenvalue weighted by Gasteiger charge is 2.22. The minimum Gasteiger partial charge on any atom is -0.490 e.